The fourth-order valence-corrected chi connectivity index (χ4v) is 3.21. The normalized spacial score (nSPS) is 14.0. The summed E-state index contributed by atoms with van der Waals surface area (Å²) in [6, 6.07) is 6.35. The highest BCUT2D eigenvalue weighted by atomic mass is 16.4. The van der Waals surface area contributed by atoms with E-state index in [1.165, 1.54) is 0 Å². The van der Waals surface area contributed by atoms with E-state index in [0.717, 1.165) is 5.56 Å². The number of carboxylic acid groups (broad SMARTS) is 1. The van der Waals surface area contributed by atoms with Gasteiger partial charge in [-0.1, -0.05) is 50.6 Å². The van der Waals surface area contributed by atoms with Crippen LogP contribution in [0.4, 0.5) is 0 Å². The van der Waals surface area contributed by atoms with Crippen molar-refractivity contribution in [1.82, 2.24) is 16.0 Å². The summed E-state index contributed by atoms with van der Waals surface area (Å²) in [6.45, 7) is 3.44. The zero-order valence-electron chi connectivity index (χ0n) is 20.2. The minimum Gasteiger partial charge on any atom is -0.480 e. The maximum Gasteiger partial charge on any atom is 0.326 e. The maximum absolute atomic E-state index is 12.8. The molecule has 0 heterocycles. The average Bonchev–Trinajstić information content (AvgIpc) is 2.82. The molecule has 12 nitrogen and oxygen atoms in total. The molecule has 0 saturated heterocycles. The zero-order valence-corrected chi connectivity index (χ0v) is 20.2. The van der Waals surface area contributed by atoms with Gasteiger partial charge in [-0.15, -0.1) is 0 Å². The van der Waals surface area contributed by atoms with Crippen molar-refractivity contribution in [3.05, 3.63) is 35.9 Å². The summed E-state index contributed by atoms with van der Waals surface area (Å²) < 4.78 is 0. The van der Waals surface area contributed by atoms with Crippen LogP contribution in [0.15, 0.2) is 35.3 Å². The lowest BCUT2D eigenvalue weighted by molar-refractivity contribution is -0.142. The fraction of sp³-hybridized carbons (Fsp3) is 0.522. The highest BCUT2D eigenvalue weighted by Crippen LogP contribution is 2.09. The number of hydrogen-bond donors (Lipinski definition) is 7. The van der Waals surface area contributed by atoms with Gasteiger partial charge in [0, 0.05) is 6.54 Å². The average molecular weight is 492 g/mol. The molecule has 194 valence electrons. The number of aliphatic imine (C=N–C) groups is 1. The molecule has 0 saturated carbocycles. The number of rotatable bonds is 15. The second-order valence-corrected chi connectivity index (χ2v) is 8.29. The predicted molar refractivity (Wildman–Crippen MR) is 132 cm³/mol. The van der Waals surface area contributed by atoms with Gasteiger partial charge in [-0.3, -0.25) is 19.4 Å². The Bertz CT molecular complexity index is 874. The third-order valence-electron chi connectivity index (χ3n) is 5.43. The molecule has 1 aromatic carbocycles. The van der Waals surface area contributed by atoms with Crippen LogP contribution in [0.25, 0.3) is 0 Å². The number of nitrogens with one attached hydrogen (secondary N) is 3. The molecular weight excluding hydrogens is 454 g/mol. The van der Waals surface area contributed by atoms with Crippen LogP contribution >= 0.6 is 0 Å². The molecule has 0 bridgehead atoms. The number of nitrogens with zero attached hydrogens (tertiary/aromatic N) is 1. The molecule has 10 N–H and O–H groups in total. The molecule has 0 fully saturated rings. The van der Waals surface area contributed by atoms with Crippen molar-refractivity contribution in [3.63, 3.8) is 0 Å². The number of guanidine groups is 1. The van der Waals surface area contributed by atoms with Crippen molar-refractivity contribution in [2.75, 3.05) is 13.1 Å². The van der Waals surface area contributed by atoms with Gasteiger partial charge < -0.3 is 38.3 Å². The van der Waals surface area contributed by atoms with Gasteiger partial charge >= 0.3 is 5.97 Å². The van der Waals surface area contributed by atoms with Crippen LogP contribution in [0.1, 0.15) is 38.7 Å². The Morgan fingerprint density at radius 3 is 2.29 bits per heavy atom. The standard InChI is InChI=1S/C23H37N7O5/c1-3-14(2)19(30-20(32)16(24)12-15-8-5-4-6-9-15)21(33)28-13-18(31)29-17(22(34)35)10-7-11-27-23(25)26/h4-6,8-9,14,16-17,19H,3,7,10-13,24H2,1-2H3,(H,28,33)(H,29,31)(H,30,32)(H,34,35)(H4,25,26,27). The van der Waals surface area contributed by atoms with Crippen LogP contribution < -0.4 is 33.2 Å². The van der Waals surface area contributed by atoms with E-state index in [0.29, 0.717) is 19.3 Å². The summed E-state index contributed by atoms with van der Waals surface area (Å²) in [5.74, 6) is -3.27. The Morgan fingerprint density at radius 1 is 1.06 bits per heavy atom. The molecule has 1 aromatic rings. The van der Waals surface area contributed by atoms with E-state index in [-0.39, 0.29) is 24.8 Å². The third-order valence-corrected chi connectivity index (χ3v) is 5.43. The topological polar surface area (TPSA) is 215 Å². The minimum absolute atomic E-state index is 0.104. The van der Waals surface area contributed by atoms with E-state index in [1.54, 1.807) is 6.92 Å². The van der Waals surface area contributed by atoms with Gasteiger partial charge in [-0.2, -0.15) is 0 Å². The molecule has 1 rings (SSSR count). The number of carboxylic acids is 1. The Morgan fingerprint density at radius 2 is 1.71 bits per heavy atom. The first kappa shape index (κ1) is 29.4. The number of carbonyl (C=O) groups excluding carboxylic acids is 3. The van der Waals surface area contributed by atoms with Gasteiger partial charge in [-0.25, -0.2) is 4.79 Å². The van der Waals surface area contributed by atoms with Crippen LogP contribution in [-0.4, -0.2) is 66.0 Å². The second kappa shape index (κ2) is 15.3. The Kier molecular flexibility index (Phi) is 12.8. The molecule has 0 aliphatic rings. The number of carbonyl (C=O) groups is 4. The minimum atomic E-state index is -1.22. The molecule has 3 amide bonds. The first-order chi connectivity index (χ1) is 16.5. The van der Waals surface area contributed by atoms with E-state index < -0.39 is 48.4 Å². The van der Waals surface area contributed by atoms with Crippen molar-refractivity contribution in [3.8, 4) is 0 Å². The molecule has 0 spiro atoms. The van der Waals surface area contributed by atoms with E-state index in [4.69, 9.17) is 17.2 Å². The van der Waals surface area contributed by atoms with Crippen molar-refractivity contribution in [2.45, 2.75) is 57.7 Å². The number of benzene rings is 1. The van der Waals surface area contributed by atoms with Crippen molar-refractivity contribution in [2.24, 2.45) is 28.1 Å². The largest absolute Gasteiger partial charge is 0.480 e. The molecular formula is C23H37N7O5. The van der Waals surface area contributed by atoms with Crippen molar-refractivity contribution in [1.29, 1.82) is 0 Å². The van der Waals surface area contributed by atoms with E-state index in [2.05, 4.69) is 20.9 Å². The van der Waals surface area contributed by atoms with Gasteiger partial charge in [0.1, 0.15) is 12.1 Å². The summed E-state index contributed by atoms with van der Waals surface area (Å²) in [5, 5.41) is 16.8. The van der Waals surface area contributed by atoms with Crippen LogP contribution in [0.3, 0.4) is 0 Å². The van der Waals surface area contributed by atoms with Crippen molar-refractivity contribution < 1.29 is 24.3 Å². The summed E-state index contributed by atoms with van der Waals surface area (Å²) in [7, 11) is 0. The van der Waals surface area contributed by atoms with E-state index in [1.807, 2.05) is 37.3 Å². The molecule has 0 aromatic heterocycles. The first-order valence-electron chi connectivity index (χ1n) is 11.5. The number of hydrogen-bond acceptors (Lipinski definition) is 6. The first-order valence-corrected chi connectivity index (χ1v) is 11.5. The number of amides is 3. The Labute approximate surface area is 205 Å². The molecule has 35 heavy (non-hydrogen) atoms. The summed E-state index contributed by atoms with van der Waals surface area (Å²) in [6.07, 6.45) is 1.35. The lowest BCUT2D eigenvalue weighted by Gasteiger charge is -2.25. The van der Waals surface area contributed by atoms with E-state index in [9.17, 15) is 24.3 Å². The van der Waals surface area contributed by atoms with Crippen LogP contribution in [-0.2, 0) is 25.6 Å². The molecule has 4 unspecified atom stereocenters. The summed E-state index contributed by atoms with van der Waals surface area (Å²) in [5.41, 5.74) is 17.4. The zero-order chi connectivity index (χ0) is 26.4. The summed E-state index contributed by atoms with van der Waals surface area (Å²) >= 11 is 0. The molecule has 0 radical (unpaired) electrons. The lowest BCUT2D eigenvalue weighted by atomic mass is 9.97. The molecule has 4 atom stereocenters. The third kappa shape index (κ3) is 11.3. The van der Waals surface area contributed by atoms with Crippen molar-refractivity contribution >= 4 is 29.7 Å². The highest BCUT2D eigenvalue weighted by Gasteiger charge is 2.28. The van der Waals surface area contributed by atoms with Crippen LogP contribution in [0.5, 0.6) is 0 Å². The van der Waals surface area contributed by atoms with Gasteiger partial charge in [-0.05, 0) is 30.7 Å². The number of aliphatic carboxylic acids is 1. The highest BCUT2D eigenvalue weighted by molar-refractivity contribution is 5.92. The maximum atomic E-state index is 12.8. The molecule has 0 aliphatic carbocycles. The molecule has 0 aliphatic heterocycles. The molecule has 12 heteroatoms. The quantitative estimate of drug-likeness (QED) is 0.0898. The Balaban J connectivity index is 2.64. The van der Waals surface area contributed by atoms with Crippen LogP contribution in [0.2, 0.25) is 0 Å². The number of nitrogens with two attached hydrogens (primary N) is 3. The van der Waals surface area contributed by atoms with Gasteiger partial charge in [0.25, 0.3) is 0 Å². The SMILES string of the molecule is CCC(C)C(NC(=O)C(N)Cc1ccccc1)C(=O)NCC(=O)NC(CCCN=C(N)N)C(=O)O. The second-order valence-electron chi connectivity index (χ2n) is 8.29. The Hall–Kier alpha value is -3.67. The van der Waals surface area contributed by atoms with Crippen LogP contribution in [0, 0.1) is 5.92 Å². The monoisotopic (exact) mass is 491 g/mol. The predicted octanol–water partition coefficient (Wildman–Crippen LogP) is -1.17. The van der Waals surface area contributed by atoms with Gasteiger partial charge in [0.2, 0.25) is 17.7 Å². The lowest BCUT2D eigenvalue weighted by Crippen LogP contribution is -2.56. The van der Waals surface area contributed by atoms with E-state index >= 15 is 0 Å². The van der Waals surface area contributed by atoms with Gasteiger partial charge in [0.15, 0.2) is 5.96 Å². The smallest absolute Gasteiger partial charge is 0.326 e. The van der Waals surface area contributed by atoms with Gasteiger partial charge in [0.05, 0.1) is 12.6 Å². The fourth-order valence-electron chi connectivity index (χ4n) is 3.21. The summed E-state index contributed by atoms with van der Waals surface area (Å²) in [4.78, 5) is 52.8.